The molecule has 5 heteroatoms. The molecule has 0 bridgehead atoms. The van der Waals surface area contributed by atoms with Crippen molar-refractivity contribution in [1.29, 1.82) is 0 Å². The van der Waals surface area contributed by atoms with Gasteiger partial charge in [-0.3, -0.25) is 5.10 Å². The van der Waals surface area contributed by atoms with Crippen molar-refractivity contribution in [3.63, 3.8) is 0 Å². The van der Waals surface area contributed by atoms with Crippen molar-refractivity contribution in [2.75, 3.05) is 0 Å². The van der Waals surface area contributed by atoms with Crippen LogP contribution in [-0.4, -0.2) is 20.8 Å². The van der Waals surface area contributed by atoms with Gasteiger partial charge in [0.2, 0.25) is 0 Å². The third-order valence-corrected chi connectivity index (χ3v) is 2.39. The number of H-pyrrole nitrogens is 1. The Kier molecular flexibility index (Phi) is 1.39. The van der Waals surface area contributed by atoms with Crippen LogP contribution in [0.3, 0.4) is 0 Å². The van der Waals surface area contributed by atoms with Gasteiger partial charge in [-0.15, -0.1) is 0 Å². The second kappa shape index (κ2) is 2.60. The van der Waals surface area contributed by atoms with E-state index >= 15 is 0 Å². The topological polar surface area (TPSA) is 76.7 Å². The Balaban J connectivity index is 2.32. The molecule has 0 saturated heterocycles. The Morgan fingerprint density at radius 2 is 2.13 bits per heavy atom. The number of rotatable bonds is 0. The van der Waals surface area contributed by atoms with E-state index in [0.717, 1.165) is 17.0 Å². The summed E-state index contributed by atoms with van der Waals surface area (Å²) < 4.78 is 1.39. The predicted octanol–water partition coefficient (Wildman–Crippen LogP) is 1.35. The minimum Gasteiger partial charge on any atom is -0.351 e. The van der Waals surface area contributed by atoms with Gasteiger partial charge in [0, 0.05) is 5.56 Å². The van der Waals surface area contributed by atoms with Crippen molar-refractivity contribution in [3.05, 3.63) is 30.3 Å². The van der Waals surface area contributed by atoms with Crippen molar-refractivity contribution in [1.82, 2.24) is 14.8 Å². The fraction of sp³-hybridized carbons (Fsp3) is 0. The fourth-order valence-corrected chi connectivity index (χ4v) is 1.68. The summed E-state index contributed by atoms with van der Waals surface area (Å²) in [5, 5.41) is 6.91. The van der Waals surface area contributed by atoms with Crippen molar-refractivity contribution in [2.45, 2.75) is 0 Å². The number of primary amides is 1. The number of nitrogens with zero attached hydrogens (tertiary/aromatic N) is 2. The normalized spacial score (nSPS) is 11.2. The highest BCUT2D eigenvalue weighted by molar-refractivity contribution is 5.97. The fourth-order valence-electron chi connectivity index (χ4n) is 1.68. The zero-order valence-electron chi connectivity index (χ0n) is 7.77. The number of nitrogens with one attached hydrogen (secondary N) is 1. The smallest absolute Gasteiger partial charge is 0.325 e. The molecular formula is C10H8N4O. The molecule has 0 aromatic rings. The van der Waals surface area contributed by atoms with Gasteiger partial charge >= 0.3 is 6.03 Å². The van der Waals surface area contributed by atoms with E-state index in [2.05, 4.69) is 10.2 Å². The number of aromatic nitrogens is 3. The minimum atomic E-state index is -0.495. The molecule has 2 aliphatic heterocycles. The molecular weight excluding hydrogens is 192 g/mol. The van der Waals surface area contributed by atoms with E-state index in [1.54, 1.807) is 0 Å². The summed E-state index contributed by atoms with van der Waals surface area (Å²) in [6.07, 6.45) is 0. The summed E-state index contributed by atoms with van der Waals surface area (Å²) >= 11 is 0. The third-order valence-electron chi connectivity index (χ3n) is 2.39. The van der Waals surface area contributed by atoms with E-state index in [4.69, 9.17) is 5.73 Å². The second-order valence-corrected chi connectivity index (χ2v) is 3.31. The highest BCUT2D eigenvalue weighted by atomic mass is 16.2. The van der Waals surface area contributed by atoms with Gasteiger partial charge in [0.05, 0.1) is 5.69 Å². The Labute approximate surface area is 85.2 Å². The van der Waals surface area contributed by atoms with Crippen LogP contribution in [0, 0.1) is 0 Å². The molecule has 0 aromatic carbocycles. The van der Waals surface area contributed by atoms with Gasteiger partial charge in [-0.1, -0.05) is 24.3 Å². The van der Waals surface area contributed by atoms with Crippen LogP contribution in [0.25, 0.3) is 22.8 Å². The number of carbonyl (C=O) groups is 1. The summed E-state index contributed by atoms with van der Waals surface area (Å²) in [5.74, 6) is 0.612. The molecule has 74 valence electrons. The zero-order valence-corrected chi connectivity index (χ0v) is 7.77. The van der Waals surface area contributed by atoms with Gasteiger partial charge in [-0.2, -0.15) is 5.10 Å². The van der Waals surface area contributed by atoms with Crippen LogP contribution < -0.4 is 5.73 Å². The number of hydrogen-bond acceptors (Lipinski definition) is 2. The first-order valence-electron chi connectivity index (χ1n) is 4.52. The lowest BCUT2D eigenvalue weighted by molar-refractivity contribution is 0.252. The first-order chi connectivity index (χ1) is 7.29. The largest absolute Gasteiger partial charge is 0.351 e. The summed E-state index contributed by atoms with van der Waals surface area (Å²) in [7, 11) is 0. The number of nitrogens with two attached hydrogens (primary N) is 1. The lowest BCUT2D eigenvalue weighted by Gasteiger charge is -1.96. The van der Waals surface area contributed by atoms with Crippen LogP contribution in [0.15, 0.2) is 30.3 Å². The molecule has 0 saturated carbocycles. The molecule has 3 rings (SSSR count). The standard InChI is InChI=1S/C10H8N4O/c11-10(15)14-8-6-4-2-1-3-5-7(6)12-13-9(8)14/h1-5,12H,(H2,11,15). The molecule has 1 amide bonds. The van der Waals surface area contributed by atoms with E-state index in [0.29, 0.717) is 5.82 Å². The summed E-state index contributed by atoms with van der Waals surface area (Å²) in [6, 6.07) is 9.06. The molecule has 5 nitrogen and oxygen atoms in total. The number of fused-ring (bicyclic) bond motifs is 3. The molecule has 15 heavy (non-hydrogen) atoms. The van der Waals surface area contributed by atoms with Crippen molar-refractivity contribution in [2.24, 2.45) is 5.73 Å². The Bertz CT molecular complexity index is 579. The van der Waals surface area contributed by atoms with Crippen molar-refractivity contribution >= 4 is 6.03 Å². The first-order valence-corrected chi connectivity index (χ1v) is 4.52. The molecule has 3 N–H and O–H groups in total. The maximum atomic E-state index is 11.0. The first kappa shape index (κ1) is 8.05. The van der Waals surface area contributed by atoms with Gasteiger partial charge in [0.1, 0.15) is 5.69 Å². The molecule has 1 aliphatic carbocycles. The summed E-state index contributed by atoms with van der Waals surface area (Å²) in [6.45, 7) is 0. The van der Waals surface area contributed by atoms with E-state index < -0.39 is 6.03 Å². The molecule has 0 aromatic heterocycles. The average molecular weight is 200 g/mol. The number of carbonyl (C=O) groups excluding carboxylic acids is 1. The van der Waals surface area contributed by atoms with E-state index in [1.807, 2.05) is 30.3 Å². The lowest BCUT2D eigenvalue weighted by atomic mass is 10.2. The van der Waals surface area contributed by atoms with Crippen LogP contribution in [0.4, 0.5) is 4.79 Å². The molecule has 0 unspecified atom stereocenters. The summed E-state index contributed by atoms with van der Waals surface area (Å²) in [4.78, 5) is 11.0. The number of hydrogen-bond donors (Lipinski definition) is 2. The van der Waals surface area contributed by atoms with Crippen LogP contribution in [0.2, 0.25) is 0 Å². The predicted molar refractivity (Wildman–Crippen MR) is 54.8 cm³/mol. The SMILES string of the molecule is NC(=O)n1c2n[nH]c3cccccc-3c1-2. The van der Waals surface area contributed by atoms with Gasteiger partial charge in [0.25, 0.3) is 0 Å². The van der Waals surface area contributed by atoms with E-state index in [1.165, 1.54) is 4.57 Å². The van der Waals surface area contributed by atoms with Gasteiger partial charge in [-0.25, -0.2) is 9.36 Å². The maximum Gasteiger partial charge on any atom is 0.325 e. The minimum absolute atomic E-state index is 0.495. The maximum absolute atomic E-state index is 11.0. The Hall–Kier alpha value is -2.30. The van der Waals surface area contributed by atoms with Crippen LogP contribution in [0.5, 0.6) is 0 Å². The molecule has 0 radical (unpaired) electrons. The number of aromatic amines is 1. The van der Waals surface area contributed by atoms with E-state index in [9.17, 15) is 4.79 Å². The highest BCUT2D eigenvalue weighted by Crippen LogP contribution is 2.39. The van der Waals surface area contributed by atoms with Crippen molar-refractivity contribution in [3.8, 4) is 22.8 Å². The molecule has 0 atom stereocenters. The number of amides is 1. The highest BCUT2D eigenvalue weighted by Gasteiger charge is 2.32. The van der Waals surface area contributed by atoms with E-state index in [-0.39, 0.29) is 0 Å². The Morgan fingerprint density at radius 3 is 2.93 bits per heavy atom. The quantitative estimate of drug-likeness (QED) is 0.574. The monoisotopic (exact) mass is 200 g/mol. The van der Waals surface area contributed by atoms with Crippen LogP contribution in [-0.2, 0) is 0 Å². The van der Waals surface area contributed by atoms with Crippen molar-refractivity contribution < 1.29 is 4.79 Å². The summed E-state index contributed by atoms with van der Waals surface area (Å²) in [5.41, 5.74) is 7.83. The zero-order chi connectivity index (χ0) is 10.4. The van der Waals surface area contributed by atoms with Crippen LogP contribution in [0.1, 0.15) is 0 Å². The Morgan fingerprint density at radius 1 is 1.33 bits per heavy atom. The van der Waals surface area contributed by atoms with Crippen LogP contribution >= 0.6 is 0 Å². The lowest BCUT2D eigenvalue weighted by Crippen LogP contribution is -2.12. The second-order valence-electron chi connectivity index (χ2n) is 3.31. The molecule has 3 aliphatic rings. The third kappa shape index (κ3) is 1.03. The molecule has 0 spiro atoms. The van der Waals surface area contributed by atoms with Gasteiger partial charge < -0.3 is 5.73 Å². The average Bonchev–Trinajstić information content (AvgIpc) is 2.96. The molecule has 2 heterocycles. The molecule has 0 fully saturated rings. The van der Waals surface area contributed by atoms with Gasteiger partial charge in [-0.05, 0) is 6.07 Å². The van der Waals surface area contributed by atoms with Gasteiger partial charge in [0.15, 0.2) is 5.82 Å².